The summed E-state index contributed by atoms with van der Waals surface area (Å²) in [6.45, 7) is 6.06. The largest absolute Gasteiger partial charge is 0.272 e. The van der Waals surface area contributed by atoms with E-state index in [1.54, 1.807) is 0 Å². The van der Waals surface area contributed by atoms with Gasteiger partial charge in [0.05, 0.1) is 7.05 Å². The fraction of sp³-hybridized carbons (Fsp3) is 0.714. The monoisotopic (exact) mass is 140 g/mol. The van der Waals surface area contributed by atoms with Crippen molar-refractivity contribution in [1.29, 1.82) is 0 Å². The zero-order chi connectivity index (χ0) is 7.72. The maximum absolute atomic E-state index is 4.31. The molecule has 0 bridgehead atoms. The molecule has 0 spiro atoms. The van der Waals surface area contributed by atoms with E-state index in [9.17, 15) is 0 Å². The Morgan fingerprint density at radius 1 is 1.40 bits per heavy atom. The first-order valence-electron chi connectivity index (χ1n) is 3.55. The highest BCUT2D eigenvalue weighted by atomic mass is 15.3. The zero-order valence-corrected chi connectivity index (χ0v) is 6.97. The molecular weight excluding hydrogens is 126 g/mol. The summed E-state index contributed by atoms with van der Waals surface area (Å²) in [5.41, 5.74) is 0. The fourth-order valence-electron chi connectivity index (χ4n) is 1.04. The van der Waals surface area contributed by atoms with Crippen molar-refractivity contribution in [3.63, 3.8) is 0 Å². The van der Waals surface area contributed by atoms with Gasteiger partial charge in [0.25, 0.3) is 0 Å². The molecule has 1 rings (SSSR count). The fourth-order valence-corrected chi connectivity index (χ4v) is 1.04. The summed E-state index contributed by atoms with van der Waals surface area (Å²) in [5.74, 6) is 2.02. The van der Waals surface area contributed by atoms with E-state index < -0.39 is 0 Å². The molecule has 1 heterocycles. The van der Waals surface area contributed by atoms with Crippen LogP contribution < -0.4 is 4.90 Å². The van der Waals surface area contributed by atoms with E-state index >= 15 is 0 Å². The highest BCUT2D eigenvalue weighted by molar-refractivity contribution is 5.92. The van der Waals surface area contributed by atoms with Crippen LogP contribution in [0.1, 0.15) is 20.8 Å². The van der Waals surface area contributed by atoms with Gasteiger partial charge in [0, 0.05) is 13.8 Å². The predicted molar refractivity (Wildman–Crippen MR) is 42.6 cm³/mol. The van der Waals surface area contributed by atoms with Crippen molar-refractivity contribution in [2.45, 2.75) is 26.9 Å². The summed E-state index contributed by atoms with van der Waals surface area (Å²) >= 11 is 0. The molecule has 3 nitrogen and oxygen atoms in total. The molecule has 3 heteroatoms. The van der Waals surface area contributed by atoms with E-state index in [-0.39, 0.29) is 0 Å². The lowest BCUT2D eigenvalue weighted by Crippen LogP contribution is -3.15. The lowest BCUT2D eigenvalue weighted by Gasteiger charge is -2.20. The predicted octanol–water partition coefficient (Wildman–Crippen LogP) is -0.302. The van der Waals surface area contributed by atoms with E-state index in [1.807, 2.05) is 13.8 Å². The van der Waals surface area contributed by atoms with Gasteiger partial charge >= 0.3 is 0 Å². The molecule has 1 aliphatic heterocycles. The van der Waals surface area contributed by atoms with Gasteiger partial charge in [-0.15, -0.1) is 0 Å². The van der Waals surface area contributed by atoms with Crippen LogP contribution in [0.2, 0.25) is 0 Å². The summed E-state index contributed by atoms with van der Waals surface area (Å²) in [6, 6.07) is 0. The Kier molecular flexibility index (Phi) is 1.85. The van der Waals surface area contributed by atoms with Crippen LogP contribution in [0.25, 0.3) is 0 Å². The van der Waals surface area contributed by atoms with Gasteiger partial charge in [-0.2, -0.15) is 4.99 Å². The summed E-state index contributed by atoms with van der Waals surface area (Å²) in [7, 11) is 2.08. The lowest BCUT2D eigenvalue weighted by molar-refractivity contribution is -0.810. The van der Waals surface area contributed by atoms with Crippen LogP contribution in [-0.2, 0) is 0 Å². The van der Waals surface area contributed by atoms with Gasteiger partial charge in [-0.25, -0.2) is 4.99 Å². The zero-order valence-electron chi connectivity index (χ0n) is 6.97. The third-order valence-corrected chi connectivity index (χ3v) is 1.91. The number of amidine groups is 2. The van der Waals surface area contributed by atoms with Crippen LogP contribution in [-0.4, -0.2) is 24.9 Å². The van der Waals surface area contributed by atoms with E-state index in [2.05, 4.69) is 24.0 Å². The van der Waals surface area contributed by atoms with Crippen molar-refractivity contribution >= 4 is 11.7 Å². The third kappa shape index (κ3) is 1.24. The normalized spacial score (nSPS) is 33.2. The number of hydrogen-bond acceptors (Lipinski definition) is 2. The summed E-state index contributed by atoms with van der Waals surface area (Å²) in [5, 5.41) is 0. The Morgan fingerprint density at radius 3 is 2.50 bits per heavy atom. The number of quaternary nitrogens is 1. The molecule has 0 aromatic heterocycles. The molecule has 2 atom stereocenters. The first-order valence-corrected chi connectivity index (χ1v) is 3.55. The average Bonchev–Trinajstić information content (AvgIpc) is 1.82. The summed E-state index contributed by atoms with van der Waals surface area (Å²) in [4.78, 5) is 9.83. The molecular formula is C7H14N3+. The standard InChI is InChI=1S/C7H13N3/c1-5-8-6(2)10(4)7(3)9-5/h6H,1-4H3/p+1. The van der Waals surface area contributed by atoms with Crippen molar-refractivity contribution < 1.29 is 4.90 Å². The van der Waals surface area contributed by atoms with Gasteiger partial charge < -0.3 is 0 Å². The molecule has 1 aliphatic rings. The van der Waals surface area contributed by atoms with E-state index in [4.69, 9.17) is 0 Å². The molecule has 0 aromatic rings. The second-order valence-electron chi connectivity index (χ2n) is 2.73. The van der Waals surface area contributed by atoms with E-state index in [1.165, 1.54) is 4.90 Å². The molecule has 0 amide bonds. The third-order valence-electron chi connectivity index (χ3n) is 1.91. The average molecular weight is 140 g/mol. The Bertz CT molecular complexity index is 193. The van der Waals surface area contributed by atoms with Crippen molar-refractivity contribution in [3.05, 3.63) is 0 Å². The highest BCUT2D eigenvalue weighted by Gasteiger charge is 2.18. The Balaban J connectivity index is 2.85. The van der Waals surface area contributed by atoms with Gasteiger partial charge in [-0.05, 0) is 6.92 Å². The summed E-state index contributed by atoms with van der Waals surface area (Å²) < 4.78 is 0. The van der Waals surface area contributed by atoms with Crippen molar-refractivity contribution in [2.24, 2.45) is 9.98 Å². The number of aliphatic imine (C=N–C) groups is 2. The minimum Gasteiger partial charge on any atom is -0.272 e. The van der Waals surface area contributed by atoms with Crippen LogP contribution in [0.5, 0.6) is 0 Å². The second-order valence-corrected chi connectivity index (χ2v) is 2.73. The molecule has 56 valence electrons. The lowest BCUT2D eigenvalue weighted by atomic mass is 10.4. The van der Waals surface area contributed by atoms with Gasteiger partial charge in [0.1, 0.15) is 5.84 Å². The molecule has 0 aliphatic carbocycles. The molecule has 0 saturated heterocycles. The SMILES string of the molecule is CC1=NC(C)[NH+](C)C(C)=N1. The first-order chi connectivity index (χ1) is 4.61. The molecule has 0 radical (unpaired) electrons. The number of nitrogens with zero attached hydrogens (tertiary/aromatic N) is 2. The highest BCUT2D eigenvalue weighted by Crippen LogP contribution is 1.89. The molecule has 0 saturated carbocycles. The Labute approximate surface area is 61.5 Å². The van der Waals surface area contributed by atoms with Crippen molar-refractivity contribution in [2.75, 3.05) is 7.05 Å². The van der Waals surface area contributed by atoms with Gasteiger partial charge in [-0.1, -0.05) is 0 Å². The molecule has 0 aromatic carbocycles. The van der Waals surface area contributed by atoms with Crippen LogP contribution in [0.15, 0.2) is 9.98 Å². The van der Waals surface area contributed by atoms with Gasteiger partial charge in [0.2, 0.25) is 5.84 Å². The smallest absolute Gasteiger partial charge is 0.201 e. The number of hydrogen-bond donors (Lipinski definition) is 1. The van der Waals surface area contributed by atoms with E-state index in [0.29, 0.717) is 6.17 Å². The molecule has 2 unspecified atom stereocenters. The van der Waals surface area contributed by atoms with Crippen molar-refractivity contribution in [3.8, 4) is 0 Å². The Morgan fingerprint density at radius 2 is 2.00 bits per heavy atom. The van der Waals surface area contributed by atoms with Gasteiger partial charge in [-0.3, -0.25) is 4.90 Å². The minimum absolute atomic E-state index is 0.331. The number of rotatable bonds is 0. The maximum atomic E-state index is 4.31. The quantitative estimate of drug-likeness (QED) is 0.478. The van der Waals surface area contributed by atoms with Crippen LogP contribution >= 0.6 is 0 Å². The van der Waals surface area contributed by atoms with E-state index in [0.717, 1.165) is 11.7 Å². The van der Waals surface area contributed by atoms with Gasteiger partial charge in [0.15, 0.2) is 6.17 Å². The van der Waals surface area contributed by atoms with Crippen LogP contribution in [0.3, 0.4) is 0 Å². The molecule has 1 N–H and O–H groups in total. The second kappa shape index (κ2) is 2.50. The van der Waals surface area contributed by atoms with Crippen LogP contribution in [0.4, 0.5) is 0 Å². The minimum atomic E-state index is 0.331. The molecule has 0 fully saturated rings. The maximum Gasteiger partial charge on any atom is 0.201 e. The van der Waals surface area contributed by atoms with Crippen molar-refractivity contribution in [1.82, 2.24) is 0 Å². The number of nitrogens with one attached hydrogen (secondary N) is 1. The molecule has 10 heavy (non-hydrogen) atoms. The van der Waals surface area contributed by atoms with Crippen LogP contribution in [0, 0.1) is 0 Å². The first kappa shape index (κ1) is 7.41. The topological polar surface area (TPSA) is 29.2 Å². The summed E-state index contributed by atoms with van der Waals surface area (Å²) in [6.07, 6.45) is 0.331. The Hall–Kier alpha value is -0.700.